The highest BCUT2D eigenvalue weighted by atomic mass is 32.2. The molecule has 0 bridgehead atoms. The fourth-order valence-electron chi connectivity index (χ4n) is 1.45. The van der Waals surface area contributed by atoms with Crippen LogP contribution in [0.4, 0.5) is 5.69 Å². The Balaban J connectivity index is 1.77. The Bertz CT molecular complexity index is 583. The average molecular weight is 306 g/mol. The largest absolute Gasteiger partial charge is 0.386 e. The van der Waals surface area contributed by atoms with Crippen molar-refractivity contribution < 1.29 is 9.63 Å². The number of oxime groups is 1. The van der Waals surface area contributed by atoms with Gasteiger partial charge in [0.05, 0.1) is 6.21 Å². The van der Waals surface area contributed by atoms with E-state index in [9.17, 15) is 4.79 Å². The highest BCUT2D eigenvalue weighted by molar-refractivity contribution is 7.98. The summed E-state index contributed by atoms with van der Waals surface area (Å²) in [5, 5.41) is 8.46. The highest BCUT2D eigenvalue weighted by Crippen LogP contribution is 2.18. The molecule has 0 atom stereocenters. The minimum absolute atomic E-state index is 0.106. The first-order chi connectivity index (χ1) is 9.78. The van der Waals surface area contributed by atoms with E-state index in [0.29, 0.717) is 0 Å². The van der Waals surface area contributed by atoms with Crippen LogP contribution in [0.15, 0.2) is 51.8 Å². The van der Waals surface area contributed by atoms with Gasteiger partial charge in [-0.1, -0.05) is 17.3 Å². The van der Waals surface area contributed by atoms with Gasteiger partial charge in [-0.3, -0.25) is 4.79 Å². The number of anilines is 1. The zero-order valence-corrected chi connectivity index (χ0v) is 12.5. The van der Waals surface area contributed by atoms with Crippen LogP contribution in [0.25, 0.3) is 0 Å². The molecule has 104 valence electrons. The van der Waals surface area contributed by atoms with Crippen molar-refractivity contribution in [2.45, 2.75) is 4.90 Å². The first-order valence-electron chi connectivity index (χ1n) is 5.90. The fraction of sp³-hybridized carbons (Fsp3) is 0.143. The van der Waals surface area contributed by atoms with E-state index >= 15 is 0 Å². The first-order valence-corrected chi connectivity index (χ1v) is 8.01. The van der Waals surface area contributed by atoms with Gasteiger partial charge < -0.3 is 10.2 Å². The van der Waals surface area contributed by atoms with Crippen LogP contribution in [-0.2, 0) is 9.63 Å². The molecule has 0 aliphatic rings. The Morgan fingerprint density at radius 3 is 3.10 bits per heavy atom. The number of nitrogens with one attached hydrogen (secondary N) is 1. The minimum atomic E-state index is -0.230. The molecule has 0 aliphatic heterocycles. The summed E-state index contributed by atoms with van der Waals surface area (Å²) in [6.45, 7) is -0.106. The number of carbonyl (C=O) groups is 1. The van der Waals surface area contributed by atoms with Crippen LogP contribution in [0.3, 0.4) is 0 Å². The number of hydrogen-bond donors (Lipinski definition) is 1. The van der Waals surface area contributed by atoms with Gasteiger partial charge in [-0.05, 0) is 35.9 Å². The molecular formula is C14H14N2O2S2. The molecule has 0 aliphatic carbocycles. The maximum absolute atomic E-state index is 11.7. The monoisotopic (exact) mass is 306 g/mol. The molecule has 6 heteroatoms. The lowest BCUT2D eigenvalue weighted by atomic mass is 10.3. The molecule has 0 saturated heterocycles. The van der Waals surface area contributed by atoms with Gasteiger partial charge in [0.2, 0.25) is 0 Å². The van der Waals surface area contributed by atoms with Crippen LogP contribution in [0.2, 0.25) is 0 Å². The van der Waals surface area contributed by atoms with Crippen molar-refractivity contribution in [1.82, 2.24) is 0 Å². The molecule has 1 aromatic heterocycles. The lowest BCUT2D eigenvalue weighted by Crippen LogP contribution is -2.16. The van der Waals surface area contributed by atoms with Gasteiger partial charge >= 0.3 is 0 Å². The number of hydrogen-bond acceptors (Lipinski definition) is 5. The van der Waals surface area contributed by atoms with E-state index in [0.717, 1.165) is 15.5 Å². The number of amides is 1. The Hall–Kier alpha value is -1.79. The second-order valence-corrected chi connectivity index (χ2v) is 5.66. The minimum Gasteiger partial charge on any atom is -0.386 e. The summed E-state index contributed by atoms with van der Waals surface area (Å²) < 4.78 is 0. The van der Waals surface area contributed by atoms with E-state index in [-0.39, 0.29) is 12.5 Å². The van der Waals surface area contributed by atoms with Crippen molar-refractivity contribution in [2.24, 2.45) is 5.16 Å². The third-order valence-corrected chi connectivity index (χ3v) is 3.88. The van der Waals surface area contributed by atoms with Crippen LogP contribution >= 0.6 is 23.1 Å². The summed E-state index contributed by atoms with van der Waals surface area (Å²) in [4.78, 5) is 18.7. The zero-order valence-electron chi connectivity index (χ0n) is 10.9. The quantitative estimate of drug-likeness (QED) is 0.505. The van der Waals surface area contributed by atoms with E-state index in [4.69, 9.17) is 4.84 Å². The Morgan fingerprint density at radius 1 is 1.45 bits per heavy atom. The summed E-state index contributed by atoms with van der Waals surface area (Å²) in [6, 6.07) is 11.5. The zero-order chi connectivity index (χ0) is 14.2. The van der Waals surface area contributed by atoms with Crippen molar-refractivity contribution in [2.75, 3.05) is 18.2 Å². The predicted octanol–water partition coefficient (Wildman–Crippen LogP) is 3.46. The summed E-state index contributed by atoms with van der Waals surface area (Å²) in [7, 11) is 0. The van der Waals surface area contributed by atoms with Crippen LogP contribution in [-0.4, -0.2) is 25.0 Å². The van der Waals surface area contributed by atoms with Crippen LogP contribution in [0.5, 0.6) is 0 Å². The van der Waals surface area contributed by atoms with Crippen molar-refractivity contribution in [1.29, 1.82) is 0 Å². The number of benzene rings is 1. The molecule has 0 saturated carbocycles. The van der Waals surface area contributed by atoms with Gasteiger partial charge in [0.25, 0.3) is 5.91 Å². The van der Waals surface area contributed by atoms with Gasteiger partial charge in [-0.2, -0.15) is 0 Å². The number of thioether (sulfide) groups is 1. The Morgan fingerprint density at radius 2 is 2.35 bits per heavy atom. The molecule has 0 radical (unpaired) electrons. The van der Waals surface area contributed by atoms with Crippen LogP contribution < -0.4 is 5.32 Å². The molecule has 0 spiro atoms. The topological polar surface area (TPSA) is 50.7 Å². The van der Waals surface area contributed by atoms with Gasteiger partial charge in [-0.15, -0.1) is 23.1 Å². The second-order valence-electron chi connectivity index (χ2n) is 3.80. The normalized spacial score (nSPS) is 10.7. The van der Waals surface area contributed by atoms with Crippen molar-refractivity contribution in [3.63, 3.8) is 0 Å². The lowest BCUT2D eigenvalue weighted by Gasteiger charge is -2.05. The lowest BCUT2D eigenvalue weighted by molar-refractivity contribution is -0.120. The number of carbonyl (C=O) groups excluding carboxylic acids is 1. The molecule has 4 nitrogen and oxygen atoms in total. The molecular weight excluding hydrogens is 292 g/mol. The number of rotatable bonds is 6. The maximum atomic E-state index is 11.7. The molecule has 1 amide bonds. The smallest absolute Gasteiger partial charge is 0.265 e. The molecule has 0 fully saturated rings. The third-order valence-electron chi connectivity index (χ3n) is 2.35. The molecule has 1 heterocycles. The second kappa shape index (κ2) is 7.72. The summed E-state index contributed by atoms with van der Waals surface area (Å²) in [5.41, 5.74) is 0.757. The Kier molecular flexibility index (Phi) is 5.64. The standard InChI is InChI=1S/C14H14N2O2S2/c1-19-12-5-2-4-11(8-12)16-14(17)10-18-15-9-13-6-3-7-20-13/h2-9H,10H2,1H3,(H,16,17)/b15-9+. The van der Waals surface area contributed by atoms with Crippen molar-refractivity contribution in [3.8, 4) is 0 Å². The first kappa shape index (κ1) is 14.6. The molecule has 1 N–H and O–H groups in total. The predicted molar refractivity (Wildman–Crippen MR) is 84.7 cm³/mol. The third kappa shape index (κ3) is 4.71. The maximum Gasteiger partial charge on any atom is 0.265 e. The van der Waals surface area contributed by atoms with E-state index < -0.39 is 0 Å². The SMILES string of the molecule is CSc1cccc(NC(=O)CO/N=C/c2cccs2)c1. The van der Waals surface area contributed by atoms with Gasteiger partial charge in [0.1, 0.15) is 0 Å². The summed E-state index contributed by atoms with van der Waals surface area (Å²) >= 11 is 3.18. The van der Waals surface area contributed by atoms with Crippen molar-refractivity contribution >= 4 is 40.9 Å². The van der Waals surface area contributed by atoms with E-state index in [1.165, 1.54) is 0 Å². The van der Waals surface area contributed by atoms with Gasteiger partial charge in [0.15, 0.2) is 6.61 Å². The Labute approximate surface area is 125 Å². The number of thiophene rings is 1. The molecule has 20 heavy (non-hydrogen) atoms. The van der Waals surface area contributed by atoms with Crippen LogP contribution in [0.1, 0.15) is 4.88 Å². The van der Waals surface area contributed by atoms with E-state index in [1.54, 1.807) is 29.3 Å². The average Bonchev–Trinajstić information content (AvgIpc) is 2.97. The summed E-state index contributed by atoms with van der Waals surface area (Å²) in [6.07, 6.45) is 3.58. The fourth-order valence-corrected chi connectivity index (χ4v) is 2.48. The number of nitrogens with zero attached hydrogens (tertiary/aromatic N) is 1. The molecule has 1 aromatic carbocycles. The van der Waals surface area contributed by atoms with E-state index in [1.807, 2.05) is 48.0 Å². The van der Waals surface area contributed by atoms with Gasteiger partial charge in [-0.25, -0.2) is 0 Å². The highest BCUT2D eigenvalue weighted by Gasteiger charge is 2.03. The van der Waals surface area contributed by atoms with Crippen molar-refractivity contribution in [3.05, 3.63) is 46.7 Å². The van der Waals surface area contributed by atoms with Crippen LogP contribution in [0, 0.1) is 0 Å². The summed E-state index contributed by atoms with van der Waals surface area (Å²) in [5.74, 6) is -0.230. The molecule has 0 unspecified atom stereocenters. The molecule has 2 rings (SSSR count). The van der Waals surface area contributed by atoms with Gasteiger partial charge in [0, 0.05) is 15.5 Å². The van der Waals surface area contributed by atoms with E-state index in [2.05, 4.69) is 10.5 Å². The molecule has 2 aromatic rings.